The van der Waals surface area contributed by atoms with Crippen LogP contribution in [-0.2, 0) is 0 Å². The van der Waals surface area contributed by atoms with Crippen LogP contribution >= 0.6 is 11.6 Å². The first-order valence-electron chi connectivity index (χ1n) is 6.52. The molecule has 20 heavy (non-hydrogen) atoms. The first-order chi connectivity index (χ1) is 9.37. The van der Waals surface area contributed by atoms with Crippen molar-refractivity contribution in [3.05, 3.63) is 39.4 Å². The highest BCUT2D eigenvalue weighted by atomic mass is 35.5. The van der Waals surface area contributed by atoms with Gasteiger partial charge in [-0.25, -0.2) is 0 Å². The van der Waals surface area contributed by atoms with E-state index >= 15 is 0 Å². The Kier molecular flexibility index (Phi) is 5.51. The molecule has 0 spiro atoms. The van der Waals surface area contributed by atoms with Crippen molar-refractivity contribution in [1.29, 1.82) is 0 Å². The van der Waals surface area contributed by atoms with Gasteiger partial charge in [-0.15, -0.1) is 11.6 Å². The molecule has 1 aromatic rings. The molecule has 0 unspecified atom stereocenters. The minimum Gasteiger partial charge on any atom is -0.345 e. The molecule has 0 aliphatic heterocycles. The third-order valence-corrected chi connectivity index (χ3v) is 4.03. The number of nitro groups is 1. The Balaban J connectivity index is 3.06. The Hall–Kier alpha value is -1.62. The van der Waals surface area contributed by atoms with Gasteiger partial charge < -0.3 is 5.32 Å². The molecule has 0 atom stereocenters. The lowest BCUT2D eigenvalue weighted by Gasteiger charge is -2.30. The highest BCUT2D eigenvalue weighted by molar-refractivity contribution is 6.19. The number of halogens is 1. The second kappa shape index (κ2) is 6.70. The molecule has 0 aliphatic rings. The summed E-state index contributed by atoms with van der Waals surface area (Å²) < 4.78 is 0. The van der Waals surface area contributed by atoms with E-state index in [1.54, 1.807) is 13.0 Å². The minimum absolute atomic E-state index is 0.0837. The topological polar surface area (TPSA) is 72.2 Å². The van der Waals surface area contributed by atoms with Crippen LogP contribution in [0.1, 0.15) is 42.6 Å². The van der Waals surface area contributed by atoms with Crippen LogP contribution in [0, 0.1) is 17.0 Å². The van der Waals surface area contributed by atoms with Gasteiger partial charge in [0.2, 0.25) is 0 Å². The molecule has 110 valence electrons. The highest BCUT2D eigenvalue weighted by Gasteiger charge is 2.28. The van der Waals surface area contributed by atoms with Gasteiger partial charge in [-0.05, 0) is 31.4 Å². The monoisotopic (exact) mass is 298 g/mol. The fourth-order valence-electron chi connectivity index (χ4n) is 1.96. The maximum Gasteiger partial charge on any atom is 0.270 e. The molecule has 0 aromatic heterocycles. The smallest absolute Gasteiger partial charge is 0.270 e. The van der Waals surface area contributed by atoms with E-state index in [0.29, 0.717) is 24.3 Å². The van der Waals surface area contributed by atoms with E-state index in [1.807, 2.05) is 13.8 Å². The average Bonchev–Trinajstić information content (AvgIpc) is 2.44. The number of hydrogen-bond acceptors (Lipinski definition) is 3. The number of rotatable bonds is 6. The lowest BCUT2D eigenvalue weighted by atomic mass is 9.94. The van der Waals surface area contributed by atoms with E-state index in [1.165, 1.54) is 12.1 Å². The van der Waals surface area contributed by atoms with Crippen LogP contribution in [0.2, 0.25) is 0 Å². The maximum atomic E-state index is 12.3. The average molecular weight is 299 g/mol. The Morgan fingerprint density at radius 2 is 1.95 bits per heavy atom. The number of benzene rings is 1. The Labute approximate surface area is 123 Å². The predicted molar refractivity (Wildman–Crippen MR) is 79.3 cm³/mol. The van der Waals surface area contributed by atoms with Crippen molar-refractivity contribution in [2.75, 3.05) is 5.88 Å². The van der Waals surface area contributed by atoms with Crippen molar-refractivity contribution < 1.29 is 9.72 Å². The van der Waals surface area contributed by atoms with Crippen LogP contribution in [0.5, 0.6) is 0 Å². The first-order valence-corrected chi connectivity index (χ1v) is 7.05. The van der Waals surface area contributed by atoms with Crippen LogP contribution in [0.3, 0.4) is 0 Å². The van der Waals surface area contributed by atoms with Crippen molar-refractivity contribution >= 4 is 23.2 Å². The summed E-state index contributed by atoms with van der Waals surface area (Å²) in [6.07, 6.45) is 1.40. The van der Waals surface area contributed by atoms with Gasteiger partial charge in [-0.3, -0.25) is 14.9 Å². The van der Waals surface area contributed by atoms with Crippen molar-refractivity contribution in [3.63, 3.8) is 0 Å². The minimum atomic E-state index is -0.502. The molecule has 1 rings (SSSR count). The van der Waals surface area contributed by atoms with Crippen molar-refractivity contribution in [2.24, 2.45) is 0 Å². The molecule has 6 heteroatoms. The molecule has 0 fully saturated rings. The Bertz CT molecular complexity index is 505. The number of non-ortho nitro benzene ring substituents is 1. The number of carbonyl (C=O) groups is 1. The van der Waals surface area contributed by atoms with Crippen LogP contribution in [0.15, 0.2) is 18.2 Å². The van der Waals surface area contributed by atoms with Crippen molar-refractivity contribution in [1.82, 2.24) is 5.32 Å². The van der Waals surface area contributed by atoms with E-state index in [0.717, 1.165) is 0 Å². The quantitative estimate of drug-likeness (QED) is 0.497. The number of nitro benzene ring substituents is 1. The lowest BCUT2D eigenvalue weighted by Crippen LogP contribution is -2.49. The third kappa shape index (κ3) is 3.70. The zero-order valence-electron chi connectivity index (χ0n) is 11.9. The van der Waals surface area contributed by atoms with E-state index in [-0.39, 0.29) is 17.2 Å². The van der Waals surface area contributed by atoms with Crippen molar-refractivity contribution in [2.45, 2.75) is 39.2 Å². The summed E-state index contributed by atoms with van der Waals surface area (Å²) >= 11 is 5.95. The van der Waals surface area contributed by atoms with Gasteiger partial charge in [0.15, 0.2) is 0 Å². The van der Waals surface area contributed by atoms with Crippen LogP contribution in [0.4, 0.5) is 5.69 Å². The molecule has 0 heterocycles. The third-order valence-electron chi connectivity index (χ3n) is 3.52. The summed E-state index contributed by atoms with van der Waals surface area (Å²) in [5.74, 6) is -0.0271. The molecular weight excluding hydrogens is 280 g/mol. The van der Waals surface area contributed by atoms with Gasteiger partial charge >= 0.3 is 0 Å². The normalized spacial score (nSPS) is 11.2. The molecule has 5 nitrogen and oxygen atoms in total. The first kappa shape index (κ1) is 16.4. The van der Waals surface area contributed by atoms with E-state index < -0.39 is 10.5 Å². The fraction of sp³-hybridized carbons (Fsp3) is 0.500. The van der Waals surface area contributed by atoms with Crippen molar-refractivity contribution in [3.8, 4) is 0 Å². The number of carbonyl (C=O) groups excluding carboxylic acids is 1. The second-order valence-corrected chi connectivity index (χ2v) is 5.16. The van der Waals surface area contributed by atoms with Gasteiger partial charge in [-0.2, -0.15) is 0 Å². The molecule has 1 amide bonds. The molecule has 0 radical (unpaired) electrons. The predicted octanol–water partition coefficient (Wildman–Crippen LogP) is 3.43. The summed E-state index contributed by atoms with van der Waals surface area (Å²) in [5, 5.41) is 13.7. The van der Waals surface area contributed by atoms with Crippen LogP contribution in [0.25, 0.3) is 0 Å². The fourth-order valence-corrected chi connectivity index (χ4v) is 2.41. The van der Waals surface area contributed by atoms with Gasteiger partial charge in [0.1, 0.15) is 0 Å². The van der Waals surface area contributed by atoms with E-state index in [9.17, 15) is 14.9 Å². The second-order valence-electron chi connectivity index (χ2n) is 4.89. The largest absolute Gasteiger partial charge is 0.345 e. The molecular formula is C14H19ClN2O3. The van der Waals surface area contributed by atoms with Gasteiger partial charge in [0, 0.05) is 23.6 Å². The lowest BCUT2D eigenvalue weighted by molar-refractivity contribution is -0.384. The van der Waals surface area contributed by atoms with Gasteiger partial charge in [0.25, 0.3) is 11.6 Å². The molecule has 0 aliphatic carbocycles. The number of alkyl halides is 1. The summed E-state index contributed by atoms with van der Waals surface area (Å²) in [5.41, 5.74) is 0.401. The van der Waals surface area contributed by atoms with Crippen LogP contribution in [-0.4, -0.2) is 22.2 Å². The van der Waals surface area contributed by atoms with E-state index in [4.69, 9.17) is 11.6 Å². The molecule has 1 N–H and O–H groups in total. The number of nitrogens with zero attached hydrogens (tertiary/aromatic N) is 1. The van der Waals surface area contributed by atoms with Crippen LogP contribution < -0.4 is 5.32 Å². The molecule has 0 bridgehead atoms. The summed E-state index contributed by atoms with van der Waals surface area (Å²) in [6.45, 7) is 5.62. The highest BCUT2D eigenvalue weighted by Crippen LogP contribution is 2.20. The number of amides is 1. The van der Waals surface area contributed by atoms with E-state index in [2.05, 4.69) is 5.32 Å². The summed E-state index contributed by atoms with van der Waals surface area (Å²) in [4.78, 5) is 22.6. The zero-order chi connectivity index (χ0) is 15.3. The zero-order valence-corrected chi connectivity index (χ0v) is 12.7. The summed E-state index contributed by atoms with van der Waals surface area (Å²) in [6, 6.07) is 4.35. The van der Waals surface area contributed by atoms with Gasteiger partial charge in [0.05, 0.1) is 10.5 Å². The molecule has 0 saturated carbocycles. The maximum absolute atomic E-state index is 12.3. The Morgan fingerprint density at radius 3 is 2.40 bits per heavy atom. The Morgan fingerprint density at radius 1 is 1.35 bits per heavy atom. The number of nitrogens with one attached hydrogen (secondary N) is 1. The standard InChI is InChI=1S/C14H19ClN2O3/c1-4-14(5-2,9-15)16-13(18)11-6-10(3)7-12(8-11)17(19)20/h6-8H,4-5,9H2,1-3H3,(H,16,18). The summed E-state index contributed by atoms with van der Waals surface area (Å²) in [7, 11) is 0. The van der Waals surface area contributed by atoms with Gasteiger partial charge in [-0.1, -0.05) is 13.8 Å². The molecule has 1 aromatic carbocycles. The number of hydrogen-bond donors (Lipinski definition) is 1. The molecule has 0 saturated heterocycles. The number of aryl methyl sites for hydroxylation is 1. The SMILES string of the molecule is CCC(CC)(CCl)NC(=O)c1cc(C)cc([N+](=O)[O-])c1.